The van der Waals surface area contributed by atoms with E-state index in [2.05, 4.69) is 10.3 Å². The molecule has 2 N–H and O–H groups in total. The summed E-state index contributed by atoms with van der Waals surface area (Å²) in [6.45, 7) is 0.458. The number of aromatic nitrogens is 2. The van der Waals surface area contributed by atoms with Crippen molar-refractivity contribution in [2.24, 2.45) is 0 Å². The first kappa shape index (κ1) is 17.0. The molecule has 5 nitrogen and oxygen atoms in total. The Balaban J connectivity index is 1.75. The second-order valence-corrected chi connectivity index (χ2v) is 6.28. The summed E-state index contributed by atoms with van der Waals surface area (Å²) in [4.78, 5) is 17.6. The SMILES string of the molecule is CN(C)c1ccc(CNC(=O)c2c[nH]c(=S)n2-c2ccccc2)cc1. The fourth-order valence-electron chi connectivity index (χ4n) is 2.55. The zero-order valence-corrected chi connectivity index (χ0v) is 15.0. The molecule has 0 unspecified atom stereocenters. The lowest BCUT2D eigenvalue weighted by Gasteiger charge is -2.13. The molecule has 0 bridgehead atoms. The van der Waals surface area contributed by atoms with E-state index in [0.717, 1.165) is 16.9 Å². The molecule has 0 aliphatic rings. The van der Waals surface area contributed by atoms with Crippen LogP contribution >= 0.6 is 12.2 Å². The second-order valence-electron chi connectivity index (χ2n) is 5.89. The molecule has 1 aromatic heterocycles. The van der Waals surface area contributed by atoms with Crippen LogP contribution in [-0.2, 0) is 6.54 Å². The zero-order valence-electron chi connectivity index (χ0n) is 14.2. The zero-order chi connectivity index (χ0) is 17.8. The number of carbonyl (C=O) groups is 1. The van der Waals surface area contributed by atoms with Crippen LogP contribution in [0.25, 0.3) is 5.69 Å². The van der Waals surface area contributed by atoms with Gasteiger partial charge >= 0.3 is 0 Å². The van der Waals surface area contributed by atoms with Crippen LogP contribution in [0.4, 0.5) is 5.69 Å². The average Bonchev–Trinajstić information content (AvgIpc) is 3.02. The topological polar surface area (TPSA) is 53.1 Å². The monoisotopic (exact) mass is 352 g/mol. The molecule has 0 saturated heterocycles. The van der Waals surface area contributed by atoms with E-state index in [0.29, 0.717) is 17.0 Å². The molecule has 0 spiro atoms. The van der Waals surface area contributed by atoms with Gasteiger partial charge in [-0.1, -0.05) is 30.3 Å². The number of rotatable bonds is 5. The summed E-state index contributed by atoms with van der Waals surface area (Å²) < 4.78 is 2.23. The van der Waals surface area contributed by atoms with Gasteiger partial charge in [-0.05, 0) is 42.0 Å². The summed E-state index contributed by atoms with van der Waals surface area (Å²) in [7, 11) is 3.99. The number of hydrogen-bond acceptors (Lipinski definition) is 3. The highest BCUT2D eigenvalue weighted by Crippen LogP contribution is 2.14. The predicted octanol–water partition coefficient (Wildman–Crippen LogP) is 3.53. The number of benzene rings is 2. The van der Waals surface area contributed by atoms with Gasteiger partial charge in [-0.2, -0.15) is 0 Å². The van der Waals surface area contributed by atoms with E-state index >= 15 is 0 Å². The van der Waals surface area contributed by atoms with Gasteiger partial charge in [0, 0.05) is 38.2 Å². The number of amides is 1. The van der Waals surface area contributed by atoms with Gasteiger partial charge < -0.3 is 15.2 Å². The number of para-hydroxylation sites is 1. The molecule has 1 heterocycles. The van der Waals surface area contributed by atoms with Crippen LogP contribution in [0.15, 0.2) is 60.8 Å². The smallest absolute Gasteiger partial charge is 0.270 e. The first-order chi connectivity index (χ1) is 12.1. The molecule has 0 aliphatic carbocycles. The van der Waals surface area contributed by atoms with E-state index in [4.69, 9.17) is 12.2 Å². The molecule has 6 heteroatoms. The summed E-state index contributed by atoms with van der Waals surface area (Å²) in [5.41, 5.74) is 3.51. The number of aromatic amines is 1. The predicted molar refractivity (Wildman–Crippen MR) is 103 cm³/mol. The molecule has 3 rings (SSSR count). The molecule has 0 radical (unpaired) electrons. The summed E-state index contributed by atoms with van der Waals surface area (Å²) in [5.74, 6) is -0.173. The highest BCUT2D eigenvalue weighted by molar-refractivity contribution is 7.71. The van der Waals surface area contributed by atoms with Crippen molar-refractivity contribution < 1.29 is 4.79 Å². The molecule has 0 fully saturated rings. The van der Waals surface area contributed by atoms with Crippen LogP contribution in [0.3, 0.4) is 0 Å². The van der Waals surface area contributed by atoms with Gasteiger partial charge in [-0.25, -0.2) is 0 Å². The Morgan fingerprint density at radius 1 is 1.12 bits per heavy atom. The number of nitrogens with one attached hydrogen (secondary N) is 2. The van der Waals surface area contributed by atoms with Gasteiger partial charge in [0.2, 0.25) is 0 Å². The highest BCUT2D eigenvalue weighted by Gasteiger charge is 2.14. The minimum absolute atomic E-state index is 0.173. The molecule has 0 aliphatic heterocycles. The van der Waals surface area contributed by atoms with Gasteiger partial charge in [0.25, 0.3) is 5.91 Å². The van der Waals surface area contributed by atoms with Crippen molar-refractivity contribution in [2.45, 2.75) is 6.54 Å². The van der Waals surface area contributed by atoms with Crippen molar-refractivity contribution in [1.82, 2.24) is 14.9 Å². The van der Waals surface area contributed by atoms with Crippen LogP contribution < -0.4 is 10.2 Å². The summed E-state index contributed by atoms with van der Waals surface area (Å²) >= 11 is 5.31. The van der Waals surface area contributed by atoms with Crippen LogP contribution in [0.5, 0.6) is 0 Å². The van der Waals surface area contributed by atoms with E-state index < -0.39 is 0 Å². The van der Waals surface area contributed by atoms with E-state index in [9.17, 15) is 4.79 Å². The molecule has 3 aromatic rings. The summed E-state index contributed by atoms with van der Waals surface area (Å²) in [6, 6.07) is 17.7. The van der Waals surface area contributed by atoms with Crippen LogP contribution in [0, 0.1) is 4.77 Å². The number of carbonyl (C=O) groups excluding carboxylic acids is 1. The van der Waals surface area contributed by atoms with Gasteiger partial charge in [0.05, 0.1) is 0 Å². The van der Waals surface area contributed by atoms with E-state index in [1.807, 2.05) is 73.6 Å². The minimum Gasteiger partial charge on any atom is -0.378 e. The third-order valence-corrected chi connectivity index (χ3v) is 4.23. The lowest BCUT2D eigenvalue weighted by Crippen LogP contribution is -2.25. The quantitative estimate of drug-likeness (QED) is 0.691. The van der Waals surface area contributed by atoms with Crippen molar-refractivity contribution in [3.05, 3.63) is 76.8 Å². The van der Waals surface area contributed by atoms with Gasteiger partial charge in [-0.3, -0.25) is 9.36 Å². The van der Waals surface area contributed by atoms with E-state index in [1.165, 1.54) is 0 Å². The Kier molecular flexibility index (Phi) is 5.00. The fraction of sp³-hybridized carbons (Fsp3) is 0.158. The molecular formula is C19H20N4OS. The Hall–Kier alpha value is -2.86. The van der Waals surface area contributed by atoms with Crippen LogP contribution in [0.2, 0.25) is 0 Å². The molecule has 1 amide bonds. The maximum atomic E-state index is 12.6. The van der Waals surface area contributed by atoms with Gasteiger partial charge in [0.1, 0.15) is 5.69 Å². The number of nitrogens with zero attached hydrogens (tertiary/aromatic N) is 2. The van der Waals surface area contributed by atoms with Gasteiger partial charge in [-0.15, -0.1) is 0 Å². The number of H-pyrrole nitrogens is 1. The standard InChI is InChI=1S/C19H20N4OS/c1-22(2)15-10-8-14(9-11-15)12-20-18(24)17-13-21-19(25)23(17)16-6-4-3-5-7-16/h3-11,13H,12H2,1-2H3,(H,20,24)(H,21,25). The fourth-order valence-corrected chi connectivity index (χ4v) is 2.82. The second kappa shape index (κ2) is 7.36. The molecule has 25 heavy (non-hydrogen) atoms. The summed E-state index contributed by atoms with van der Waals surface area (Å²) in [6.07, 6.45) is 1.64. The van der Waals surface area contributed by atoms with Crippen molar-refractivity contribution in [1.29, 1.82) is 0 Å². The van der Waals surface area contributed by atoms with Crippen LogP contribution in [-0.4, -0.2) is 29.6 Å². The first-order valence-corrected chi connectivity index (χ1v) is 8.37. The van der Waals surface area contributed by atoms with Crippen molar-refractivity contribution in [2.75, 3.05) is 19.0 Å². The number of hydrogen-bond donors (Lipinski definition) is 2. The maximum absolute atomic E-state index is 12.6. The van der Waals surface area contributed by atoms with Gasteiger partial charge in [0.15, 0.2) is 4.77 Å². The Morgan fingerprint density at radius 2 is 1.80 bits per heavy atom. The molecular weight excluding hydrogens is 332 g/mol. The third-order valence-electron chi connectivity index (χ3n) is 3.93. The van der Waals surface area contributed by atoms with E-state index in [1.54, 1.807) is 10.8 Å². The van der Waals surface area contributed by atoms with Crippen molar-refractivity contribution in [3.8, 4) is 5.69 Å². The summed E-state index contributed by atoms with van der Waals surface area (Å²) in [5, 5.41) is 2.95. The third kappa shape index (κ3) is 3.80. The Morgan fingerprint density at radius 3 is 2.44 bits per heavy atom. The maximum Gasteiger partial charge on any atom is 0.270 e. The highest BCUT2D eigenvalue weighted by atomic mass is 32.1. The average molecular weight is 352 g/mol. The normalized spacial score (nSPS) is 10.5. The molecule has 0 saturated carbocycles. The molecule has 2 aromatic carbocycles. The van der Waals surface area contributed by atoms with E-state index in [-0.39, 0.29) is 5.91 Å². The Bertz CT molecular complexity index is 911. The van der Waals surface area contributed by atoms with Crippen molar-refractivity contribution in [3.63, 3.8) is 0 Å². The number of imidazole rings is 1. The largest absolute Gasteiger partial charge is 0.378 e. The van der Waals surface area contributed by atoms with Crippen LogP contribution in [0.1, 0.15) is 16.1 Å². The number of anilines is 1. The Labute approximate surface area is 151 Å². The van der Waals surface area contributed by atoms with Crippen molar-refractivity contribution >= 4 is 23.8 Å². The minimum atomic E-state index is -0.173. The molecule has 0 atom stereocenters. The molecule has 128 valence electrons. The first-order valence-electron chi connectivity index (χ1n) is 7.96. The lowest BCUT2D eigenvalue weighted by molar-refractivity contribution is 0.0944. The lowest BCUT2D eigenvalue weighted by atomic mass is 10.2.